The van der Waals surface area contributed by atoms with Crippen LogP contribution >= 0.6 is 0 Å². The van der Waals surface area contributed by atoms with Gasteiger partial charge in [-0.1, -0.05) is 6.92 Å². The summed E-state index contributed by atoms with van der Waals surface area (Å²) in [5, 5.41) is 0. The van der Waals surface area contributed by atoms with Gasteiger partial charge in [-0.15, -0.1) is 0 Å². The number of nitrogens with zero attached hydrogens (tertiary/aromatic N) is 2. The maximum absolute atomic E-state index is 4.06. The summed E-state index contributed by atoms with van der Waals surface area (Å²) in [6.07, 6.45) is 6.85. The Balaban J connectivity index is 2.28. The molecule has 0 spiro atoms. The van der Waals surface area contributed by atoms with E-state index in [0.717, 1.165) is 13.1 Å². The van der Waals surface area contributed by atoms with Crippen LogP contribution in [-0.2, 0) is 0 Å². The molecule has 0 aromatic carbocycles. The van der Waals surface area contributed by atoms with Crippen molar-refractivity contribution in [2.45, 2.75) is 13.3 Å². The van der Waals surface area contributed by atoms with Crippen LogP contribution in [0.15, 0.2) is 17.3 Å². The fourth-order valence-electron chi connectivity index (χ4n) is 0.752. The predicted octanol–water partition coefficient (Wildman–Crippen LogP) is 1.42. The Bertz CT molecular complexity index is 127. The predicted molar refractivity (Wildman–Crippen MR) is 38.9 cm³/mol. The molecule has 0 aromatic heterocycles. The summed E-state index contributed by atoms with van der Waals surface area (Å²) in [5.74, 6) is 0. The van der Waals surface area contributed by atoms with Gasteiger partial charge in [-0.05, 0) is 12.5 Å². The van der Waals surface area contributed by atoms with Gasteiger partial charge in [0.15, 0.2) is 0 Å². The monoisotopic (exact) mass is 123 g/mol. The van der Waals surface area contributed by atoms with Crippen LogP contribution in [0.2, 0.25) is 0 Å². The summed E-state index contributed by atoms with van der Waals surface area (Å²) in [4.78, 5) is 6.13. The zero-order valence-corrected chi connectivity index (χ0v) is 5.62. The van der Waals surface area contributed by atoms with E-state index in [0.29, 0.717) is 0 Å². The van der Waals surface area contributed by atoms with Gasteiger partial charge in [0.05, 0.1) is 6.54 Å². The Morgan fingerprint density at radius 1 is 1.78 bits per heavy atom. The fraction of sp³-hybridized carbons (Fsp3) is 0.429. The zero-order chi connectivity index (χ0) is 6.53. The third kappa shape index (κ3) is 1.88. The SMILES string of the molecule is CC[CH]N1C=CC=NC1. The minimum absolute atomic E-state index is 0.782. The molecule has 1 rings (SSSR count). The molecule has 1 aliphatic rings. The molecule has 0 saturated heterocycles. The van der Waals surface area contributed by atoms with E-state index >= 15 is 0 Å². The molecule has 0 amide bonds. The van der Waals surface area contributed by atoms with Crippen molar-refractivity contribution in [1.82, 2.24) is 4.90 Å². The van der Waals surface area contributed by atoms with E-state index in [9.17, 15) is 0 Å². The number of hydrogen-bond acceptors (Lipinski definition) is 2. The summed E-state index contributed by atoms with van der Waals surface area (Å²) in [7, 11) is 0. The minimum Gasteiger partial charge on any atom is -0.353 e. The van der Waals surface area contributed by atoms with Gasteiger partial charge in [-0.3, -0.25) is 4.99 Å². The van der Waals surface area contributed by atoms with Gasteiger partial charge in [-0.25, -0.2) is 0 Å². The maximum Gasteiger partial charge on any atom is 0.110 e. The summed E-state index contributed by atoms with van der Waals surface area (Å²) < 4.78 is 0. The highest BCUT2D eigenvalue weighted by Crippen LogP contribution is 2.00. The number of hydrogen-bond donors (Lipinski definition) is 0. The van der Waals surface area contributed by atoms with Crippen LogP contribution in [-0.4, -0.2) is 17.8 Å². The van der Waals surface area contributed by atoms with Crippen LogP contribution in [0.4, 0.5) is 0 Å². The lowest BCUT2D eigenvalue weighted by atomic mass is 10.4. The Morgan fingerprint density at radius 3 is 3.22 bits per heavy atom. The van der Waals surface area contributed by atoms with Crippen molar-refractivity contribution < 1.29 is 0 Å². The van der Waals surface area contributed by atoms with Crippen molar-refractivity contribution >= 4 is 6.21 Å². The van der Waals surface area contributed by atoms with E-state index in [1.54, 1.807) is 0 Å². The topological polar surface area (TPSA) is 15.6 Å². The minimum atomic E-state index is 0.782. The van der Waals surface area contributed by atoms with Crippen LogP contribution < -0.4 is 0 Å². The van der Waals surface area contributed by atoms with Gasteiger partial charge in [0.2, 0.25) is 0 Å². The van der Waals surface area contributed by atoms with Gasteiger partial charge in [0, 0.05) is 12.4 Å². The number of aliphatic imine (C=N–C) groups is 1. The molecule has 9 heavy (non-hydrogen) atoms. The van der Waals surface area contributed by atoms with Gasteiger partial charge in [0.1, 0.15) is 6.67 Å². The zero-order valence-electron chi connectivity index (χ0n) is 5.62. The average Bonchev–Trinajstić information content (AvgIpc) is 1.91. The normalized spacial score (nSPS) is 16.8. The second-order valence-electron chi connectivity index (χ2n) is 1.92. The summed E-state index contributed by atoms with van der Waals surface area (Å²) in [6, 6.07) is 0. The van der Waals surface area contributed by atoms with Crippen LogP contribution in [0.25, 0.3) is 0 Å². The first-order valence-corrected chi connectivity index (χ1v) is 3.19. The smallest absolute Gasteiger partial charge is 0.110 e. The Kier molecular flexibility index (Phi) is 2.31. The maximum atomic E-state index is 4.06. The van der Waals surface area contributed by atoms with E-state index in [4.69, 9.17) is 0 Å². The molecule has 2 nitrogen and oxygen atoms in total. The van der Waals surface area contributed by atoms with E-state index in [2.05, 4.69) is 23.4 Å². The van der Waals surface area contributed by atoms with E-state index < -0.39 is 0 Å². The largest absolute Gasteiger partial charge is 0.353 e. The van der Waals surface area contributed by atoms with Crippen LogP contribution in [0.1, 0.15) is 13.3 Å². The van der Waals surface area contributed by atoms with Crippen molar-refractivity contribution in [3.63, 3.8) is 0 Å². The Labute approximate surface area is 55.9 Å². The van der Waals surface area contributed by atoms with Crippen molar-refractivity contribution in [1.29, 1.82) is 0 Å². The third-order valence-corrected chi connectivity index (χ3v) is 1.13. The molecule has 2 heteroatoms. The van der Waals surface area contributed by atoms with Crippen LogP contribution in [0.5, 0.6) is 0 Å². The Hall–Kier alpha value is -0.790. The van der Waals surface area contributed by atoms with E-state index in [1.807, 2.05) is 18.5 Å². The lowest BCUT2D eigenvalue weighted by Gasteiger charge is -2.17. The van der Waals surface area contributed by atoms with E-state index in [1.165, 1.54) is 0 Å². The lowest BCUT2D eigenvalue weighted by molar-refractivity contribution is 0.453. The molecule has 1 heterocycles. The lowest BCUT2D eigenvalue weighted by Crippen LogP contribution is -2.15. The molecular weight excluding hydrogens is 112 g/mol. The molecule has 0 N–H and O–H groups in total. The molecule has 49 valence electrons. The first-order chi connectivity index (χ1) is 4.43. The number of allylic oxidation sites excluding steroid dienone is 1. The molecule has 0 fully saturated rings. The molecule has 0 aromatic rings. The highest BCUT2D eigenvalue weighted by molar-refractivity contribution is 5.71. The molecular formula is C7H11N2. The van der Waals surface area contributed by atoms with Gasteiger partial charge in [-0.2, -0.15) is 0 Å². The Morgan fingerprint density at radius 2 is 2.67 bits per heavy atom. The molecule has 0 unspecified atom stereocenters. The van der Waals surface area contributed by atoms with Gasteiger partial charge in [0.25, 0.3) is 0 Å². The molecule has 1 radical (unpaired) electrons. The molecule has 0 atom stereocenters. The van der Waals surface area contributed by atoms with Crippen molar-refractivity contribution in [2.24, 2.45) is 4.99 Å². The van der Waals surface area contributed by atoms with Crippen LogP contribution in [0, 0.1) is 6.54 Å². The first-order valence-electron chi connectivity index (χ1n) is 3.19. The third-order valence-electron chi connectivity index (χ3n) is 1.13. The quantitative estimate of drug-likeness (QED) is 0.542. The van der Waals surface area contributed by atoms with Crippen molar-refractivity contribution in [3.8, 4) is 0 Å². The van der Waals surface area contributed by atoms with Gasteiger partial charge < -0.3 is 4.90 Å². The second kappa shape index (κ2) is 3.28. The summed E-state index contributed by atoms with van der Waals surface area (Å²) >= 11 is 0. The summed E-state index contributed by atoms with van der Waals surface area (Å²) in [6.45, 7) is 5.02. The summed E-state index contributed by atoms with van der Waals surface area (Å²) in [5.41, 5.74) is 0. The number of rotatable bonds is 2. The highest BCUT2D eigenvalue weighted by Gasteiger charge is 1.96. The first kappa shape index (κ1) is 6.33. The molecule has 0 aliphatic carbocycles. The second-order valence-corrected chi connectivity index (χ2v) is 1.92. The average molecular weight is 123 g/mol. The standard InChI is InChI=1S/C7H11N2/c1-2-5-9-6-3-4-8-7-9/h3-6H,2,7H2,1H3. The molecule has 0 bridgehead atoms. The van der Waals surface area contributed by atoms with Gasteiger partial charge >= 0.3 is 0 Å². The van der Waals surface area contributed by atoms with Crippen LogP contribution in [0.3, 0.4) is 0 Å². The van der Waals surface area contributed by atoms with E-state index in [-0.39, 0.29) is 0 Å². The van der Waals surface area contributed by atoms with Crippen molar-refractivity contribution in [3.05, 3.63) is 18.8 Å². The fourth-order valence-corrected chi connectivity index (χ4v) is 0.752. The molecule has 0 saturated carbocycles. The highest BCUT2D eigenvalue weighted by atomic mass is 15.2. The van der Waals surface area contributed by atoms with Crippen molar-refractivity contribution in [2.75, 3.05) is 6.67 Å². The molecule has 1 aliphatic heterocycles.